The fourth-order valence-electron chi connectivity index (χ4n) is 2.91. The van der Waals surface area contributed by atoms with Crippen LogP contribution in [0.2, 0.25) is 0 Å². The highest BCUT2D eigenvalue weighted by Crippen LogP contribution is 2.34. The fourth-order valence-corrected chi connectivity index (χ4v) is 2.91. The molecule has 1 aliphatic heterocycles. The lowest BCUT2D eigenvalue weighted by Gasteiger charge is -2.34. The van der Waals surface area contributed by atoms with Crippen molar-refractivity contribution in [2.45, 2.75) is 58.4 Å². The molecule has 2 rings (SSSR count). The number of hydrogen-bond acceptors (Lipinski definition) is 2. The maximum atomic E-state index is 5.40. The minimum atomic E-state index is 0.595. The first-order valence-electron chi connectivity index (χ1n) is 6.97. The van der Waals surface area contributed by atoms with E-state index in [-0.39, 0.29) is 0 Å². The molecule has 2 heteroatoms. The van der Waals surface area contributed by atoms with Crippen LogP contribution in [-0.4, -0.2) is 25.8 Å². The molecule has 16 heavy (non-hydrogen) atoms. The van der Waals surface area contributed by atoms with Gasteiger partial charge in [-0.2, -0.15) is 0 Å². The minimum absolute atomic E-state index is 0.595. The summed E-state index contributed by atoms with van der Waals surface area (Å²) in [5, 5.41) is 3.73. The van der Waals surface area contributed by atoms with Crippen molar-refractivity contribution >= 4 is 0 Å². The van der Waals surface area contributed by atoms with Crippen LogP contribution in [0.15, 0.2) is 0 Å². The summed E-state index contributed by atoms with van der Waals surface area (Å²) in [6, 6.07) is 0.787. The molecule has 1 saturated carbocycles. The molecule has 0 radical (unpaired) electrons. The molecule has 2 nitrogen and oxygen atoms in total. The van der Waals surface area contributed by atoms with Crippen molar-refractivity contribution < 1.29 is 4.74 Å². The van der Waals surface area contributed by atoms with Crippen LogP contribution in [0.5, 0.6) is 0 Å². The van der Waals surface area contributed by atoms with Gasteiger partial charge < -0.3 is 10.1 Å². The largest absolute Gasteiger partial charge is 0.381 e. The second kappa shape index (κ2) is 5.50. The van der Waals surface area contributed by atoms with Gasteiger partial charge in [0, 0.05) is 19.3 Å². The predicted octanol–water partition coefficient (Wildman–Crippen LogP) is 2.97. The number of rotatable bonds is 4. The first-order valence-corrected chi connectivity index (χ1v) is 6.97. The molecule has 0 spiro atoms. The molecule has 1 saturated heterocycles. The van der Waals surface area contributed by atoms with Crippen molar-refractivity contribution in [1.82, 2.24) is 5.32 Å². The molecular weight excluding hydrogens is 198 g/mol. The van der Waals surface area contributed by atoms with Gasteiger partial charge in [0.1, 0.15) is 0 Å². The van der Waals surface area contributed by atoms with Crippen molar-refractivity contribution in [2.75, 3.05) is 19.8 Å². The molecule has 1 N–H and O–H groups in total. The predicted molar refractivity (Wildman–Crippen MR) is 67.6 cm³/mol. The van der Waals surface area contributed by atoms with Crippen molar-refractivity contribution in [3.05, 3.63) is 0 Å². The average molecular weight is 225 g/mol. The Morgan fingerprint density at radius 3 is 2.56 bits per heavy atom. The van der Waals surface area contributed by atoms with Crippen molar-refractivity contribution in [1.29, 1.82) is 0 Å². The Kier molecular flexibility index (Phi) is 4.26. The lowest BCUT2D eigenvalue weighted by atomic mass is 9.75. The summed E-state index contributed by atoms with van der Waals surface area (Å²) in [7, 11) is 0. The van der Waals surface area contributed by atoms with Crippen molar-refractivity contribution in [2.24, 2.45) is 11.3 Å². The Morgan fingerprint density at radius 1 is 1.19 bits per heavy atom. The quantitative estimate of drug-likeness (QED) is 0.794. The average Bonchev–Trinajstić information content (AvgIpc) is 2.73. The molecule has 0 amide bonds. The molecule has 1 aliphatic carbocycles. The SMILES string of the molecule is CC1(C)CCC(NCCC2CCOC2)CC1. The second-order valence-corrected chi connectivity index (χ2v) is 6.41. The van der Waals surface area contributed by atoms with Crippen molar-refractivity contribution in [3.63, 3.8) is 0 Å². The zero-order chi connectivity index (χ0) is 11.4. The molecule has 94 valence electrons. The Balaban J connectivity index is 1.56. The van der Waals surface area contributed by atoms with Gasteiger partial charge in [0.15, 0.2) is 0 Å². The van der Waals surface area contributed by atoms with E-state index < -0.39 is 0 Å². The van der Waals surface area contributed by atoms with E-state index in [2.05, 4.69) is 19.2 Å². The van der Waals surface area contributed by atoms with Crippen LogP contribution in [0, 0.1) is 11.3 Å². The summed E-state index contributed by atoms with van der Waals surface area (Å²) in [5.74, 6) is 0.826. The molecule has 1 unspecified atom stereocenters. The Morgan fingerprint density at radius 2 is 1.94 bits per heavy atom. The summed E-state index contributed by atoms with van der Waals surface area (Å²) in [6.07, 6.45) is 8.09. The molecule has 0 aromatic heterocycles. The summed E-state index contributed by atoms with van der Waals surface area (Å²) >= 11 is 0. The van der Waals surface area contributed by atoms with Gasteiger partial charge >= 0.3 is 0 Å². The Labute approximate surface area is 100 Å². The number of ether oxygens (including phenoxy) is 1. The topological polar surface area (TPSA) is 21.3 Å². The van der Waals surface area contributed by atoms with Gasteiger partial charge in [-0.3, -0.25) is 0 Å². The third-order valence-corrected chi connectivity index (χ3v) is 4.35. The zero-order valence-corrected chi connectivity index (χ0v) is 10.9. The second-order valence-electron chi connectivity index (χ2n) is 6.41. The highest BCUT2D eigenvalue weighted by molar-refractivity contribution is 4.82. The minimum Gasteiger partial charge on any atom is -0.381 e. The van der Waals surface area contributed by atoms with Crippen LogP contribution in [0.1, 0.15) is 52.4 Å². The monoisotopic (exact) mass is 225 g/mol. The van der Waals surface area contributed by atoms with E-state index in [0.717, 1.165) is 25.2 Å². The van der Waals surface area contributed by atoms with Gasteiger partial charge in [-0.1, -0.05) is 13.8 Å². The molecule has 1 atom stereocenters. The third-order valence-electron chi connectivity index (χ3n) is 4.35. The molecule has 2 fully saturated rings. The van der Waals surface area contributed by atoms with Gasteiger partial charge in [-0.05, 0) is 56.4 Å². The fraction of sp³-hybridized carbons (Fsp3) is 1.00. The van der Waals surface area contributed by atoms with E-state index in [0.29, 0.717) is 5.41 Å². The summed E-state index contributed by atoms with van der Waals surface area (Å²) < 4.78 is 5.40. The molecule has 0 aromatic rings. The van der Waals surface area contributed by atoms with Crippen LogP contribution in [0.3, 0.4) is 0 Å². The van der Waals surface area contributed by atoms with Gasteiger partial charge in [0.25, 0.3) is 0 Å². The van der Waals surface area contributed by atoms with Crippen LogP contribution in [0.4, 0.5) is 0 Å². The van der Waals surface area contributed by atoms with Crippen LogP contribution < -0.4 is 5.32 Å². The van der Waals surface area contributed by atoms with E-state index in [1.807, 2.05) is 0 Å². The molecule has 1 heterocycles. The van der Waals surface area contributed by atoms with Crippen LogP contribution >= 0.6 is 0 Å². The van der Waals surface area contributed by atoms with Gasteiger partial charge in [0.05, 0.1) is 0 Å². The smallest absolute Gasteiger partial charge is 0.0495 e. The Hall–Kier alpha value is -0.0800. The third kappa shape index (κ3) is 3.74. The standard InChI is InChI=1S/C14H27NO/c1-14(2)7-3-13(4-8-14)15-9-5-12-6-10-16-11-12/h12-13,15H,3-11H2,1-2H3. The molecule has 2 aliphatic rings. The number of hydrogen-bond donors (Lipinski definition) is 1. The maximum absolute atomic E-state index is 5.40. The normalized spacial score (nSPS) is 30.8. The van der Waals surface area contributed by atoms with E-state index in [1.54, 1.807) is 0 Å². The molecular formula is C14H27NO. The lowest BCUT2D eigenvalue weighted by molar-refractivity contribution is 0.181. The summed E-state index contributed by atoms with van der Waals surface area (Å²) in [5.41, 5.74) is 0.595. The first kappa shape index (κ1) is 12.4. The highest BCUT2D eigenvalue weighted by Gasteiger charge is 2.26. The van der Waals surface area contributed by atoms with Gasteiger partial charge in [-0.15, -0.1) is 0 Å². The van der Waals surface area contributed by atoms with E-state index >= 15 is 0 Å². The van der Waals surface area contributed by atoms with Gasteiger partial charge in [0.2, 0.25) is 0 Å². The van der Waals surface area contributed by atoms with Gasteiger partial charge in [-0.25, -0.2) is 0 Å². The summed E-state index contributed by atoms with van der Waals surface area (Å²) in [4.78, 5) is 0. The lowest BCUT2D eigenvalue weighted by Crippen LogP contribution is -2.36. The van der Waals surface area contributed by atoms with E-state index in [1.165, 1.54) is 45.1 Å². The van der Waals surface area contributed by atoms with Crippen molar-refractivity contribution in [3.8, 4) is 0 Å². The zero-order valence-electron chi connectivity index (χ0n) is 10.9. The maximum Gasteiger partial charge on any atom is 0.0495 e. The first-order chi connectivity index (χ1) is 7.66. The van der Waals surface area contributed by atoms with E-state index in [9.17, 15) is 0 Å². The molecule has 0 bridgehead atoms. The summed E-state index contributed by atoms with van der Waals surface area (Å²) in [6.45, 7) is 7.99. The van der Waals surface area contributed by atoms with Crippen LogP contribution in [0.25, 0.3) is 0 Å². The van der Waals surface area contributed by atoms with E-state index in [4.69, 9.17) is 4.74 Å². The van der Waals surface area contributed by atoms with Crippen LogP contribution in [-0.2, 0) is 4.74 Å². The number of nitrogens with one attached hydrogen (secondary N) is 1. The Bertz CT molecular complexity index is 199. The molecule has 0 aromatic carbocycles. The highest BCUT2D eigenvalue weighted by atomic mass is 16.5.